The van der Waals surface area contributed by atoms with Gasteiger partial charge in [-0.05, 0) is 47.7 Å². The molecule has 0 saturated heterocycles. The number of aromatic nitrogens is 1. The highest BCUT2D eigenvalue weighted by molar-refractivity contribution is 6.30. The SMILES string of the molecule is CC(NCc1ccc2cc[nH]c2c1)c1ccc(Cl)cc1. The molecule has 0 fully saturated rings. The van der Waals surface area contributed by atoms with E-state index in [1.54, 1.807) is 0 Å². The summed E-state index contributed by atoms with van der Waals surface area (Å²) in [6.07, 6.45) is 1.97. The molecule has 1 aromatic heterocycles. The maximum absolute atomic E-state index is 5.91. The van der Waals surface area contributed by atoms with E-state index in [4.69, 9.17) is 11.6 Å². The first-order valence-electron chi connectivity index (χ1n) is 6.77. The van der Waals surface area contributed by atoms with Gasteiger partial charge < -0.3 is 10.3 Å². The van der Waals surface area contributed by atoms with Gasteiger partial charge in [-0.1, -0.05) is 35.9 Å². The Kier molecular flexibility index (Phi) is 3.77. The Morgan fingerprint density at radius 1 is 1.10 bits per heavy atom. The molecule has 2 nitrogen and oxygen atoms in total. The number of halogens is 1. The summed E-state index contributed by atoms with van der Waals surface area (Å²) in [5.41, 5.74) is 3.71. The van der Waals surface area contributed by atoms with Crippen molar-refractivity contribution in [3.05, 3.63) is 70.9 Å². The van der Waals surface area contributed by atoms with Gasteiger partial charge in [0.25, 0.3) is 0 Å². The number of nitrogens with one attached hydrogen (secondary N) is 2. The number of hydrogen-bond donors (Lipinski definition) is 2. The second kappa shape index (κ2) is 5.70. The van der Waals surface area contributed by atoms with Crippen molar-refractivity contribution in [1.29, 1.82) is 0 Å². The normalized spacial score (nSPS) is 12.7. The van der Waals surface area contributed by atoms with Crippen LogP contribution in [0.2, 0.25) is 5.02 Å². The van der Waals surface area contributed by atoms with Gasteiger partial charge in [0.15, 0.2) is 0 Å². The fraction of sp³-hybridized carbons (Fsp3) is 0.176. The predicted octanol–water partition coefficient (Wildman–Crippen LogP) is 4.67. The van der Waals surface area contributed by atoms with E-state index in [2.05, 4.69) is 53.6 Å². The molecular formula is C17H17ClN2. The van der Waals surface area contributed by atoms with E-state index in [1.165, 1.54) is 22.0 Å². The Morgan fingerprint density at radius 3 is 2.70 bits per heavy atom. The summed E-state index contributed by atoms with van der Waals surface area (Å²) in [7, 11) is 0. The van der Waals surface area contributed by atoms with Gasteiger partial charge in [-0.25, -0.2) is 0 Å². The summed E-state index contributed by atoms with van der Waals surface area (Å²) >= 11 is 5.91. The van der Waals surface area contributed by atoms with Gasteiger partial charge >= 0.3 is 0 Å². The first-order chi connectivity index (χ1) is 9.72. The monoisotopic (exact) mass is 284 g/mol. The minimum atomic E-state index is 0.298. The Bertz CT molecular complexity index is 700. The molecule has 0 spiro atoms. The summed E-state index contributed by atoms with van der Waals surface area (Å²) in [5, 5.41) is 5.56. The van der Waals surface area contributed by atoms with Gasteiger partial charge in [0, 0.05) is 29.3 Å². The first kappa shape index (κ1) is 13.2. The van der Waals surface area contributed by atoms with Crippen LogP contribution in [-0.4, -0.2) is 4.98 Å². The minimum absolute atomic E-state index is 0.298. The van der Waals surface area contributed by atoms with Crippen molar-refractivity contribution in [2.24, 2.45) is 0 Å². The second-order valence-electron chi connectivity index (χ2n) is 5.05. The molecule has 0 aliphatic heterocycles. The summed E-state index contributed by atoms with van der Waals surface area (Å²) in [4.78, 5) is 3.24. The average Bonchev–Trinajstić information content (AvgIpc) is 2.93. The van der Waals surface area contributed by atoms with Crippen molar-refractivity contribution >= 4 is 22.5 Å². The van der Waals surface area contributed by atoms with E-state index in [0.717, 1.165) is 11.6 Å². The van der Waals surface area contributed by atoms with Crippen LogP contribution in [0, 0.1) is 0 Å². The molecule has 0 bridgehead atoms. The Morgan fingerprint density at radius 2 is 1.90 bits per heavy atom. The van der Waals surface area contributed by atoms with Crippen molar-refractivity contribution < 1.29 is 0 Å². The third-order valence-corrected chi connectivity index (χ3v) is 3.85. The van der Waals surface area contributed by atoms with E-state index in [1.807, 2.05) is 18.3 Å². The van der Waals surface area contributed by atoms with Gasteiger partial charge in [-0.3, -0.25) is 0 Å². The van der Waals surface area contributed by atoms with E-state index in [-0.39, 0.29) is 0 Å². The van der Waals surface area contributed by atoms with Crippen LogP contribution in [0.3, 0.4) is 0 Å². The van der Waals surface area contributed by atoms with Crippen molar-refractivity contribution in [1.82, 2.24) is 10.3 Å². The number of H-pyrrole nitrogens is 1. The quantitative estimate of drug-likeness (QED) is 0.716. The van der Waals surface area contributed by atoms with Crippen molar-refractivity contribution in [3.63, 3.8) is 0 Å². The van der Waals surface area contributed by atoms with Crippen molar-refractivity contribution in [2.45, 2.75) is 19.5 Å². The standard InChI is InChI=1S/C17H17ClN2/c1-12(14-4-6-16(18)7-5-14)20-11-13-2-3-15-8-9-19-17(15)10-13/h2-10,12,19-20H,11H2,1H3. The van der Waals surface area contributed by atoms with Crippen LogP contribution in [0.15, 0.2) is 54.7 Å². The molecule has 0 aliphatic rings. The zero-order valence-electron chi connectivity index (χ0n) is 11.4. The summed E-state index contributed by atoms with van der Waals surface area (Å²) in [6.45, 7) is 3.01. The fourth-order valence-corrected chi connectivity index (χ4v) is 2.47. The molecule has 20 heavy (non-hydrogen) atoms. The molecule has 2 N–H and O–H groups in total. The van der Waals surface area contributed by atoms with Crippen LogP contribution < -0.4 is 5.32 Å². The minimum Gasteiger partial charge on any atom is -0.361 e. The molecule has 1 unspecified atom stereocenters. The third kappa shape index (κ3) is 2.87. The Balaban J connectivity index is 1.67. The summed E-state index contributed by atoms with van der Waals surface area (Å²) in [5.74, 6) is 0. The van der Waals surface area contributed by atoms with Gasteiger partial charge in [0.2, 0.25) is 0 Å². The largest absolute Gasteiger partial charge is 0.361 e. The molecule has 3 heteroatoms. The topological polar surface area (TPSA) is 27.8 Å². The summed E-state index contributed by atoms with van der Waals surface area (Å²) < 4.78 is 0. The molecule has 0 saturated carbocycles. The van der Waals surface area contributed by atoms with E-state index in [9.17, 15) is 0 Å². The summed E-state index contributed by atoms with van der Waals surface area (Å²) in [6, 6.07) is 16.9. The maximum atomic E-state index is 5.91. The lowest BCUT2D eigenvalue weighted by Crippen LogP contribution is -2.17. The lowest BCUT2D eigenvalue weighted by molar-refractivity contribution is 0.575. The molecule has 3 rings (SSSR count). The molecular weight excluding hydrogens is 268 g/mol. The van der Waals surface area contributed by atoms with Gasteiger partial charge in [-0.2, -0.15) is 0 Å². The van der Waals surface area contributed by atoms with E-state index < -0.39 is 0 Å². The van der Waals surface area contributed by atoms with Gasteiger partial charge in [0.05, 0.1) is 0 Å². The van der Waals surface area contributed by atoms with Gasteiger partial charge in [-0.15, -0.1) is 0 Å². The molecule has 0 amide bonds. The van der Waals surface area contributed by atoms with Crippen LogP contribution in [0.1, 0.15) is 24.1 Å². The number of aromatic amines is 1. The maximum Gasteiger partial charge on any atom is 0.0457 e. The van der Waals surface area contributed by atoms with Crippen LogP contribution in [-0.2, 0) is 6.54 Å². The highest BCUT2D eigenvalue weighted by Gasteiger charge is 2.05. The van der Waals surface area contributed by atoms with Crippen LogP contribution in [0.5, 0.6) is 0 Å². The number of rotatable bonds is 4. The molecule has 0 radical (unpaired) electrons. The lowest BCUT2D eigenvalue weighted by Gasteiger charge is -2.14. The molecule has 1 heterocycles. The molecule has 2 aromatic carbocycles. The number of hydrogen-bond acceptors (Lipinski definition) is 1. The molecule has 0 aliphatic carbocycles. The highest BCUT2D eigenvalue weighted by atomic mass is 35.5. The molecule has 1 atom stereocenters. The molecule has 102 valence electrons. The molecule has 3 aromatic rings. The van der Waals surface area contributed by atoms with Crippen LogP contribution in [0.4, 0.5) is 0 Å². The first-order valence-corrected chi connectivity index (χ1v) is 7.15. The lowest BCUT2D eigenvalue weighted by atomic mass is 10.1. The average molecular weight is 285 g/mol. The second-order valence-corrected chi connectivity index (χ2v) is 5.49. The van der Waals surface area contributed by atoms with E-state index >= 15 is 0 Å². The van der Waals surface area contributed by atoms with E-state index in [0.29, 0.717) is 6.04 Å². The van der Waals surface area contributed by atoms with Crippen LogP contribution >= 0.6 is 11.6 Å². The zero-order valence-corrected chi connectivity index (χ0v) is 12.1. The predicted molar refractivity (Wildman–Crippen MR) is 85.0 cm³/mol. The Hall–Kier alpha value is -1.77. The van der Waals surface area contributed by atoms with Crippen LogP contribution in [0.25, 0.3) is 10.9 Å². The number of benzene rings is 2. The third-order valence-electron chi connectivity index (χ3n) is 3.60. The van der Waals surface area contributed by atoms with Gasteiger partial charge in [0.1, 0.15) is 0 Å². The Labute approximate surface area is 123 Å². The fourth-order valence-electron chi connectivity index (χ4n) is 2.35. The smallest absolute Gasteiger partial charge is 0.0457 e. The zero-order chi connectivity index (χ0) is 13.9. The highest BCUT2D eigenvalue weighted by Crippen LogP contribution is 2.18. The van der Waals surface area contributed by atoms with Crippen molar-refractivity contribution in [2.75, 3.05) is 0 Å². The van der Waals surface area contributed by atoms with Crippen molar-refractivity contribution in [3.8, 4) is 0 Å². The number of fused-ring (bicyclic) bond motifs is 1.